The van der Waals surface area contributed by atoms with Crippen molar-refractivity contribution in [3.05, 3.63) is 53.2 Å². The normalized spacial score (nSPS) is 12.7. The van der Waals surface area contributed by atoms with E-state index in [-0.39, 0.29) is 16.8 Å². The van der Waals surface area contributed by atoms with E-state index in [1.54, 1.807) is 6.20 Å². The number of nitrogens with two attached hydrogens (primary N) is 1. The Kier molecular flexibility index (Phi) is 7.40. The molecule has 0 amide bonds. The van der Waals surface area contributed by atoms with E-state index >= 15 is 0 Å². The zero-order valence-corrected chi connectivity index (χ0v) is 22.1. The minimum absolute atomic E-state index is 0.00222. The molecule has 184 valence electrons. The molecule has 3 rings (SSSR count). The van der Waals surface area contributed by atoms with Crippen LogP contribution < -0.4 is 10.5 Å². The van der Waals surface area contributed by atoms with Crippen LogP contribution in [-0.2, 0) is 4.74 Å². The van der Waals surface area contributed by atoms with Crippen LogP contribution in [0.3, 0.4) is 0 Å². The fourth-order valence-electron chi connectivity index (χ4n) is 4.29. The fraction of sp³-hybridized carbons (Fsp3) is 0.464. The van der Waals surface area contributed by atoms with Gasteiger partial charge < -0.3 is 20.2 Å². The predicted octanol–water partition coefficient (Wildman–Crippen LogP) is 7.22. The lowest BCUT2D eigenvalue weighted by Crippen LogP contribution is -2.33. The molecule has 0 aliphatic heterocycles. The van der Waals surface area contributed by atoms with Crippen molar-refractivity contribution in [1.82, 2.24) is 4.98 Å². The standard InChI is InChI=1S/C28H37ClN2O3/c1-26(2,3)34-25(32)22-14-31-24-13-23(29)20(12-21(22)24)18-8-10-19(11-9-18)33-17-28(6,7)15-27(4,5)16-30/h8-14,31H,15-17,30H2,1-7H3. The number of ether oxygens (including phenoxy) is 2. The van der Waals surface area contributed by atoms with Gasteiger partial charge in [0.15, 0.2) is 0 Å². The average Bonchev–Trinajstić information content (AvgIpc) is 3.13. The summed E-state index contributed by atoms with van der Waals surface area (Å²) in [5, 5.41) is 1.38. The van der Waals surface area contributed by atoms with Crippen LogP contribution in [0.1, 0.15) is 65.2 Å². The number of carbonyl (C=O) groups excluding carboxylic acids is 1. The minimum Gasteiger partial charge on any atom is -0.493 e. The van der Waals surface area contributed by atoms with E-state index in [2.05, 4.69) is 32.7 Å². The Labute approximate surface area is 208 Å². The summed E-state index contributed by atoms with van der Waals surface area (Å²) in [6, 6.07) is 11.6. The molecule has 0 saturated carbocycles. The van der Waals surface area contributed by atoms with Gasteiger partial charge in [0.25, 0.3) is 0 Å². The van der Waals surface area contributed by atoms with E-state index in [1.807, 2.05) is 57.2 Å². The monoisotopic (exact) mass is 484 g/mol. The van der Waals surface area contributed by atoms with E-state index < -0.39 is 5.60 Å². The van der Waals surface area contributed by atoms with Crippen LogP contribution in [0.15, 0.2) is 42.6 Å². The summed E-state index contributed by atoms with van der Waals surface area (Å²) >= 11 is 6.59. The first-order chi connectivity index (χ1) is 15.7. The molecule has 2 aromatic carbocycles. The topological polar surface area (TPSA) is 77.3 Å². The number of benzene rings is 2. The Morgan fingerprint density at radius 3 is 2.24 bits per heavy atom. The van der Waals surface area contributed by atoms with Gasteiger partial charge in [0, 0.05) is 22.7 Å². The first-order valence-electron chi connectivity index (χ1n) is 11.7. The molecule has 1 heterocycles. The number of fused-ring (bicyclic) bond motifs is 1. The van der Waals surface area contributed by atoms with Crippen LogP contribution in [0.5, 0.6) is 5.75 Å². The van der Waals surface area contributed by atoms with Crippen molar-refractivity contribution in [2.45, 2.75) is 60.5 Å². The number of H-pyrrole nitrogens is 1. The van der Waals surface area contributed by atoms with Crippen LogP contribution in [-0.4, -0.2) is 29.7 Å². The molecule has 34 heavy (non-hydrogen) atoms. The van der Waals surface area contributed by atoms with Gasteiger partial charge in [-0.1, -0.05) is 51.4 Å². The van der Waals surface area contributed by atoms with Gasteiger partial charge in [-0.15, -0.1) is 0 Å². The lowest BCUT2D eigenvalue weighted by molar-refractivity contribution is 0.00719. The summed E-state index contributed by atoms with van der Waals surface area (Å²) in [5.41, 5.74) is 8.48. The third-order valence-electron chi connectivity index (χ3n) is 5.69. The third-order valence-corrected chi connectivity index (χ3v) is 6.01. The number of aromatic nitrogens is 1. The van der Waals surface area contributed by atoms with Crippen molar-refractivity contribution in [3.63, 3.8) is 0 Å². The third kappa shape index (κ3) is 6.55. The number of esters is 1. The van der Waals surface area contributed by atoms with Crippen LogP contribution >= 0.6 is 11.6 Å². The molecule has 3 aromatic rings. The van der Waals surface area contributed by atoms with E-state index in [0.717, 1.165) is 34.2 Å². The van der Waals surface area contributed by atoms with Crippen LogP contribution in [0.2, 0.25) is 5.02 Å². The van der Waals surface area contributed by atoms with E-state index in [4.69, 9.17) is 26.8 Å². The summed E-state index contributed by atoms with van der Waals surface area (Å²) in [5.74, 6) is 0.437. The molecule has 6 heteroatoms. The van der Waals surface area contributed by atoms with E-state index in [1.165, 1.54) is 0 Å². The van der Waals surface area contributed by atoms with E-state index in [0.29, 0.717) is 23.7 Å². The number of rotatable bonds is 8. The Morgan fingerprint density at radius 1 is 1.00 bits per heavy atom. The number of hydrogen-bond donors (Lipinski definition) is 2. The van der Waals surface area contributed by atoms with Crippen molar-refractivity contribution < 1.29 is 14.3 Å². The number of hydrogen-bond acceptors (Lipinski definition) is 4. The molecule has 5 nitrogen and oxygen atoms in total. The first kappa shape index (κ1) is 26.1. The Bertz CT molecular complexity index is 1150. The summed E-state index contributed by atoms with van der Waals surface area (Å²) in [7, 11) is 0. The van der Waals surface area contributed by atoms with Crippen molar-refractivity contribution in [2.75, 3.05) is 13.2 Å². The van der Waals surface area contributed by atoms with Crippen molar-refractivity contribution in [2.24, 2.45) is 16.6 Å². The van der Waals surface area contributed by atoms with Gasteiger partial charge in [0.1, 0.15) is 11.4 Å². The second-order valence-electron chi connectivity index (χ2n) is 11.6. The quantitative estimate of drug-likeness (QED) is 0.331. The molecule has 0 saturated heterocycles. The Hall–Kier alpha value is -2.50. The van der Waals surface area contributed by atoms with Gasteiger partial charge in [-0.05, 0) is 74.4 Å². The highest BCUT2D eigenvalue weighted by molar-refractivity contribution is 6.34. The zero-order chi connectivity index (χ0) is 25.3. The zero-order valence-electron chi connectivity index (χ0n) is 21.3. The highest BCUT2D eigenvalue weighted by atomic mass is 35.5. The van der Waals surface area contributed by atoms with Gasteiger partial charge >= 0.3 is 5.97 Å². The Morgan fingerprint density at radius 2 is 1.65 bits per heavy atom. The molecule has 0 fully saturated rings. The summed E-state index contributed by atoms with van der Waals surface area (Å²) in [6.07, 6.45) is 2.64. The van der Waals surface area contributed by atoms with Gasteiger partial charge in [0.05, 0.1) is 17.2 Å². The fourth-order valence-corrected chi connectivity index (χ4v) is 4.57. The van der Waals surface area contributed by atoms with Gasteiger partial charge in [-0.25, -0.2) is 4.79 Å². The molecule has 0 aliphatic carbocycles. The lowest BCUT2D eigenvalue weighted by atomic mass is 9.75. The summed E-state index contributed by atoms with van der Waals surface area (Å²) in [4.78, 5) is 15.8. The van der Waals surface area contributed by atoms with Crippen LogP contribution in [0, 0.1) is 10.8 Å². The molecule has 0 spiro atoms. The number of carbonyl (C=O) groups is 1. The maximum Gasteiger partial charge on any atom is 0.340 e. The lowest BCUT2D eigenvalue weighted by Gasteiger charge is -2.34. The van der Waals surface area contributed by atoms with Gasteiger partial charge in [-0.2, -0.15) is 0 Å². The van der Waals surface area contributed by atoms with Crippen molar-refractivity contribution >= 4 is 28.5 Å². The SMILES string of the molecule is CC(C)(CN)CC(C)(C)COc1ccc(-c2cc3c(C(=O)OC(C)(C)C)c[nH]c3cc2Cl)cc1. The second-order valence-corrected chi connectivity index (χ2v) is 12.0. The van der Waals surface area contributed by atoms with Crippen molar-refractivity contribution in [3.8, 4) is 16.9 Å². The maximum atomic E-state index is 12.7. The average molecular weight is 485 g/mol. The largest absolute Gasteiger partial charge is 0.493 e. The first-order valence-corrected chi connectivity index (χ1v) is 12.0. The predicted molar refractivity (Wildman–Crippen MR) is 141 cm³/mol. The molecule has 1 aromatic heterocycles. The molecular weight excluding hydrogens is 448 g/mol. The van der Waals surface area contributed by atoms with Gasteiger partial charge in [-0.3, -0.25) is 0 Å². The minimum atomic E-state index is -0.569. The molecule has 3 N–H and O–H groups in total. The Balaban J connectivity index is 1.80. The number of nitrogens with one attached hydrogen (secondary N) is 1. The summed E-state index contributed by atoms with van der Waals surface area (Å²) in [6.45, 7) is 15.6. The highest BCUT2D eigenvalue weighted by Gasteiger charge is 2.28. The van der Waals surface area contributed by atoms with Crippen LogP contribution in [0.25, 0.3) is 22.0 Å². The highest BCUT2D eigenvalue weighted by Crippen LogP contribution is 2.36. The molecule has 0 radical (unpaired) electrons. The molecule has 0 atom stereocenters. The summed E-state index contributed by atoms with van der Waals surface area (Å²) < 4.78 is 11.7. The van der Waals surface area contributed by atoms with Crippen LogP contribution in [0.4, 0.5) is 0 Å². The number of halogens is 1. The number of aromatic amines is 1. The van der Waals surface area contributed by atoms with E-state index in [9.17, 15) is 4.79 Å². The molecule has 0 aliphatic rings. The second kappa shape index (κ2) is 9.63. The maximum absolute atomic E-state index is 12.7. The van der Waals surface area contributed by atoms with Crippen molar-refractivity contribution in [1.29, 1.82) is 0 Å². The molecule has 0 bridgehead atoms. The molecule has 0 unspecified atom stereocenters. The van der Waals surface area contributed by atoms with Gasteiger partial charge in [0.2, 0.25) is 0 Å². The molecular formula is C28H37ClN2O3. The smallest absolute Gasteiger partial charge is 0.340 e.